The van der Waals surface area contributed by atoms with Crippen LogP contribution in [0.25, 0.3) is 0 Å². The van der Waals surface area contributed by atoms with E-state index in [2.05, 4.69) is 10.3 Å². The number of aliphatic hydroxyl groups is 2. The van der Waals surface area contributed by atoms with E-state index in [1.807, 2.05) is 6.92 Å². The number of aryl methyl sites for hydroxylation is 1. The molecule has 0 saturated carbocycles. The summed E-state index contributed by atoms with van der Waals surface area (Å²) in [5.41, 5.74) is 1.34. The zero-order valence-corrected chi connectivity index (χ0v) is 15.8. The van der Waals surface area contributed by atoms with Crippen LogP contribution < -0.4 is 5.32 Å². The van der Waals surface area contributed by atoms with Gasteiger partial charge in [0.2, 0.25) is 5.91 Å². The zero-order chi connectivity index (χ0) is 18.9. The van der Waals surface area contributed by atoms with Crippen molar-refractivity contribution in [2.45, 2.75) is 37.8 Å². The van der Waals surface area contributed by atoms with E-state index in [4.69, 9.17) is 23.2 Å². The lowest BCUT2D eigenvalue weighted by Gasteiger charge is -2.35. The number of halogens is 2. The molecule has 2 unspecified atom stereocenters. The Bertz CT molecular complexity index is 820. The molecule has 26 heavy (non-hydrogen) atoms. The van der Waals surface area contributed by atoms with Gasteiger partial charge in [-0.25, -0.2) is 0 Å². The van der Waals surface area contributed by atoms with Crippen molar-refractivity contribution in [3.63, 3.8) is 0 Å². The van der Waals surface area contributed by atoms with Gasteiger partial charge in [0.15, 0.2) is 0 Å². The van der Waals surface area contributed by atoms with Gasteiger partial charge < -0.3 is 15.5 Å². The number of hydrogen-bond acceptors (Lipinski definition) is 4. The van der Waals surface area contributed by atoms with Crippen molar-refractivity contribution >= 4 is 29.1 Å². The summed E-state index contributed by atoms with van der Waals surface area (Å²) in [7, 11) is 0. The first kappa shape index (κ1) is 19.1. The number of rotatable bonds is 4. The molecule has 0 saturated heterocycles. The van der Waals surface area contributed by atoms with Crippen LogP contribution in [0.15, 0.2) is 30.5 Å². The fourth-order valence-corrected chi connectivity index (χ4v) is 4.09. The molecule has 0 radical (unpaired) electrons. The first-order valence-electron chi connectivity index (χ1n) is 8.36. The average Bonchev–Trinajstić information content (AvgIpc) is 2.61. The van der Waals surface area contributed by atoms with E-state index in [1.54, 1.807) is 30.5 Å². The third-order valence-electron chi connectivity index (χ3n) is 4.90. The second-order valence-electron chi connectivity index (χ2n) is 6.62. The molecule has 5 nitrogen and oxygen atoms in total. The second kappa shape index (κ2) is 7.53. The summed E-state index contributed by atoms with van der Waals surface area (Å²) in [5.74, 6) is -0.596. The highest BCUT2D eigenvalue weighted by Gasteiger charge is 2.41. The van der Waals surface area contributed by atoms with Crippen molar-refractivity contribution in [2.24, 2.45) is 0 Å². The van der Waals surface area contributed by atoms with Crippen LogP contribution >= 0.6 is 23.2 Å². The minimum atomic E-state index is -1.40. The number of benzene rings is 1. The van der Waals surface area contributed by atoms with Crippen LogP contribution in [-0.2, 0) is 16.9 Å². The van der Waals surface area contributed by atoms with Crippen LogP contribution in [-0.4, -0.2) is 27.7 Å². The van der Waals surface area contributed by atoms with Crippen LogP contribution in [0.5, 0.6) is 0 Å². The molecule has 0 bridgehead atoms. The van der Waals surface area contributed by atoms with Gasteiger partial charge in [0.05, 0.1) is 18.2 Å². The van der Waals surface area contributed by atoms with Gasteiger partial charge in [-0.3, -0.25) is 9.78 Å². The second-order valence-corrected chi connectivity index (χ2v) is 7.47. The average molecular weight is 395 g/mol. The Hall–Kier alpha value is -1.66. The number of carbonyl (C=O) groups excluding carboxylic acids is 1. The summed E-state index contributed by atoms with van der Waals surface area (Å²) < 4.78 is 0. The molecule has 1 aliphatic rings. The normalized spacial score (nSPS) is 22.0. The molecule has 3 rings (SSSR count). The Kier molecular flexibility index (Phi) is 5.53. The Morgan fingerprint density at radius 1 is 1.42 bits per heavy atom. The van der Waals surface area contributed by atoms with E-state index in [0.717, 1.165) is 11.1 Å². The lowest BCUT2D eigenvalue weighted by molar-refractivity contribution is -0.124. The number of nitrogens with one attached hydrogen (secondary N) is 1. The molecule has 1 aliphatic carbocycles. The van der Waals surface area contributed by atoms with Crippen molar-refractivity contribution in [3.05, 3.63) is 62.9 Å². The summed E-state index contributed by atoms with van der Waals surface area (Å²) >= 11 is 12.2. The lowest BCUT2D eigenvalue weighted by Crippen LogP contribution is -2.40. The topological polar surface area (TPSA) is 82.5 Å². The van der Waals surface area contributed by atoms with Crippen LogP contribution in [0.1, 0.15) is 41.1 Å². The number of fused-ring (bicyclic) bond motifs is 1. The Labute approximate surface area is 162 Å². The first-order valence-corrected chi connectivity index (χ1v) is 9.12. The van der Waals surface area contributed by atoms with Gasteiger partial charge in [0, 0.05) is 22.8 Å². The zero-order valence-electron chi connectivity index (χ0n) is 14.3. The quantitative estimate of drug-likeness (QED) is 0.743. The molecule has 1 aromatic heterocycles. The molecule has 138 valence electrons. The van der Waals surface area contributed by atoms with E-state index in [1.165, 1.54) is 0 Å². The minimum absolute atomic E-state index is 0.162. The van der Waals surface area contributed by atoms with Gasteiger partial charge in [-0.2, -0.15) is 0 Å². The van der Waals surface area contributed by atoms with Crippen LogP contribution in [0.2, 0.25) is 10.0 Å². The maximum Gasteiger partial charge on any atom is 0.227 e. The highest BCUT2D eigenvalue weighted by Crippen LogP contribution is 2.40. The minimum Gasteiger partial charge on any atom is -0.393 e. The summed E-state index contributed by atoms with van der Waals surface area (Å²) in [6.07, 6.45) is 2.25. The number of amides is 1. The number of hydrogen-bond donors (Lipinski definition) is 3. The lowest BCUT2D eigenvalue weighted by atomic mass is 9.76. The molecule has 1 heterocycles. The molecular formula is C19H20Cl2N2O3. The maximum atomic E-state index is 12.8. The number of aromatic nitrogens is 1. The summed E-state index contributed by atoms with van der Waals surface area (Å²) in [4.78, 5) is 17.0. The van der Waals surface area contributed by atoms with Gasteiger partial charge in [-0.15, -0.1) is 0 Å². The monoisotopic (exact) mass is 394 g/mol. The third kappa shape index (κ3) is 3.58. The van der Waals surface area contributed by atoms with Gasteiger partial charge in [-0.1, -0.05) is 29.3 Å². The largest absolute Gasteiger partial charge is 0.393 e. The maximum absolute atomic E-state index is 12.8. The SMILES string of the molecule is Cc1cc(Cl)cc(Cl)c1CNC(=O)C1CCC(O)(CO)c2ncccc21. The van der Waals surface area contributed by atoms with Crippen molar-refractivity contribution < 1.29 is 15.0 Å². The van der Waals surface area contributed by atoms with Crippen LogP contribution in [0.4, 0.5) is 0 Å². The van der Waals surface area contributed by atoms with E-state index in [9.17, 15) is 15.0 Å². The van der Waals surface area contributed by atoms with Crippen LogP contribution in [0, 0.1) is 6.92 Å². The molecule has 0 fully saturated rings. The van der Waals surface area contributed by atoms with Crippen molar-refractivity contribution in [3.8, 4) is 0 Å². The summed E-state index contributed by atoms with van der Waals surface area (Å²) in [5, 5.41) is 24.1. The van der Waals surface area contributed by atoms with Crippen molar-refractivity contribution in [1.82, 2.24) is 10.3 Å². The third-order valence-corrected chi connectivity index (χ3v) is 5.46. The summed E-state index contributed by atoms with van der Waals surface area (Å²) in [6, 6.07) is 6.95. The van der Waals surface area contributed by atoms with Crippen LogP contribution in [0.3, 0.4) is 0 Å². The van der Waals surface area contributed by atoms with Gasteiger partial charge in [0.25, 0.3) is 0 Å². The van der Waals surface area contributed by atoms with Gasteiger partial charge in [-0.05, 0) is 54.7 Å². The Morgan fingerprint density at radius 2 is 2.19 bits per heavy atom. The fourth-order valence-electron chi connectivity index (χ4n) is 3.43. The standard InChI is InChI=1S/C19H20Cl2N2O3/c1-11-7-12(20)8-16(21)15(11)9-23-18(25)14-4-5-19(26,10-24)17-13(14)3-2-6-22-17/h2-3,6-8,14,24,26H,4-5,9-10H2,1H3,(H,23,25). The smallest absolute Gasteiger partial charge is 0.227 e. The van der Waals surface area contributed by atoms with E-state index >= 15 is 0 Å². The summed E-state index contributed by atoms with van der Waals surface area (Å²) in [6.45, 7) is 1.75. The van der Waals surface area contributed by atoms with E-state index in [0.29, 0.717) is 27.7 Å². The van der Waals surface area contributed by atoms with Gasteiger partial charge in [0.1, 0.15) is 5.60 Å². The molecule has 2 atom stereocenters. The molecular weight excluding hydrogens is 375 g/mol. The molecule has 0 aliphatic heterocycles. The molecule has 2 aromatic rings. The Morgan fingerprint density at radius 3 is 2.88 bits per heavy atom. The number of nitrogens with zero attached hydrogens (tertiary/aromatic N) is 1. The predicted molar refractivity (Wildman–Crippen MR) is 100 cm³/mol. The van der Waals surface area contributed by atoms with E-state index in [-0.39, 0.29) is 18.9 Å². The molecule has 0 spiro atoms. The Balaban J connectivity index is 1.80. The number of carbonyl (C=O) groups is 1. The molecule has 1 aromatic carbocycles. The first-order chi connectivity index (χ1) is 12.4. The van der Waals surface area contributed by atoms with Crippen molar-refractivity contribution in [1.29, 1.82) is 0 Å². The molecule has 7 heteroatoms. The fraction of sp³-hybridized carbons (Fsp3) is 0.368. The number of aliphatic hydroxyl groups excluding tert-OH is 1. The van der Waals surface area contributed by atoms with Gasteiger partial charge >= 0.3 is 0 Å². The van der Waals surface area contributed by atoms with Crippen molar-refractivity contribution in [2.75, 3.05) is 6.61 Å². The molecule has 1 amide bonds. The highest BCUT2D eigenvalue weighted by molar-refractivity contribution is 6.35. The predicted octanol–water partition coefficient (Wildman–Crippen LogP) is 3.07. The highest BCUT2D eigenvalue weighted by atomic mass is 35.5. The number of pyridine rings is 1. The molecule has 3 N–H and O–H groups in total. The van der Waals surface area contributed by atoms with E-state index < -0.39 is 18.1 Å².